The number of hydrogen-bond donors (Lipinski definition) is 1. The average Bonchev–Trinajstić information content (AvgIpc) is 2.86. The molecule has 3 rings (SSSR count). The van der Waals surface area contributed by atoms with E-state index >= 15 is 0 Å². The van der Waals surface area contributed by atoms with E-state index in [-0.39, 0.29) is 0 Å². The number of hydrogen-bond acceptors (Lipinski definition) is 2. The maximum Gasteiger partial charge on any atom is 0.129 e. The van der Waals surface area contributed by atoms with Crippen molar-refractivity contribution >= 4 is 21.7 Å². The molecule has 1 atom stereocenters. The van der Waals surface area contributed by atoms with Crippen molar-refractivity contribution in [3.05, 3.63) is 34.4 Å². The second-order valence-corrected chi connectivity index (χ2v) is 6.94. The molecule has 0 aliphatic heterocycles. The third-order valence-corrected chi connectivity index (χ3v) is 4.57. The first-order chi connectivity index (χ1) is 8.90. The fraction of sp³-hybridized carbons (Fsp3) is 0.400. The minimum Gasteiger partial charge on any atom is -0.383 e. The summed E-state index contributed by atoms with van der Waals surface area (Å²) in [6, 6.07) is 8.26. The molecule has 1 aliphatic rings. The van der Waals surface area contributed by atoms with Gasteiger partial charge in [0.05, 0.1) is 5.69 Å². The highest BCUT2D eigenvalue weighted by Gasteiger charge is 2.49. The number of benzene rings is 1. The van der Waals surface area contributed by atoms with E-state index in [1.54, 1.807) is 4.68 Å². The highest BCUT2D eigenvalue weighted by atomic mass is 79.9. The summed E-state index contributed by atoms with van der Waals surface area (Å²) in [7, 11) is 1.91. The number of nitrogens with zero attached hydrogens (tertiary/aromatic N) is 2. The first kappa shape index (κ1) is 12.7. The molecule has 1 aromatic heterocycles. The Hall–Kier alpha value is -1.29. The molecule has 100 valence electrons. The summed E-state index contributed by atoms with van der Waals surface area (Å²) < 4.78 is 2.86. The van der Waals surface area contributed by atoms with E-state index in [1.165, 1.54) is 6.42 Å². The maximum absolute atomic E-state index is 6.22. The molecule has 1 heterocycles. The smallest absolute Gasteiger partial charge is 0.129 e. The van der Waals surface area contributed by atoms with Crippen molar-refractivity contribution in [3.63, 3.8) is 0 Å². The van der Waals surface area contributed by atoms with Gasteiger partial charge in [-0.3, -0.25) is 4.68 Å². The normalized spacial score (nSPS) is 20.5. The SMILES string of the molecule is Cn1nc(C2CC2(C)C)c(-c2cccc(Br)c2)c1N. The Morgan fingerprint density at radius 1 is 1.42 bits per heavy atom. The van der Waals surface area contributed by atoms with Gasteiger partial charge in [-0.05, 0) is 29.5 Å². The van der Waals surface area contributed by atoms with Gasteiger partial charge in [0.2, 0.25) is 0 Å². The van der Waals surface area contributed by atoms with Crippen LogP contribution in [-0.2, 0) is 7.05 Å². The molecule has 4 heteroatoms. The first-order valence-electron chi connectivity index (χ1n) is 6.48. The van der Waals surface area contributed by atoms with Gasteiger partial charge in [0, 0.05) is 23.0 Å². The standard InChI is InChI=1S/C15H18BrN3/c1-15(2)8-11(15)13-12(14(17)19(3)18-13)9-5-4-6-10(16)7-9/h4-7,11H,8,17H2,1-3H3. The molecule has 0 spiro atoms. The summed E-state index contributed by atoms with van der Waals surface area (Å²) in [5.41, 5.74) is 9.95. The minimum absolute atomic E-state index is 0.349. The van der Waals surface area contributed by atoms with E-state index in [9.17, 15) is 0 Å². The van der Waals surface area contributed by atoms with Crippen LogP contribution in [0.1, 0.15) is 31.9 Å². The number of aryl methyl sites for hydroxylation is 1. The molecule has 1 fully saturated rings. The fourth-order valence-corrected chi connectivity index (χ4v) is 3.08. The molecule has 0 amide bonds. The van der Waals surface area contributed by atoms with Crippen LogP contribution in [0.5, 0.6) is 0 Å². The van der Waals surface area contributed by atoms with Crippen LogP contribution in [0.15, 0.2) is 28.7 Å². The van der Waals surface area contributed by atoms with Crippen molar-refractivity contribution in [2.45, 2.75) is 26.2 Å². The van der Waals surface area contributed by atoms with Gasteiger partial charge in [-0.2, -0.15) is 5.10 Å². The molecular weight excluding hydrogens is 302 g/mol. The second kappa shape index (κ2) is 4.10. The van der Waals surface area contributed by atoms with Gasteiger partial charge in [0.25, 0.3) is 0 Å². The molecule has 1 unspecified atom stereocenters. The van der Waals surface area contributed by atoms with Gasteiger partial charge in [-0.15, -0.1) is 0 Å². The van der Waals surface area contributed by atoms with E-state index in [2.05, 4.69) is 47.0 Å². The van der Waals surface area contributed by atoms with Crippen LogP contribution in [0.2, 0.25) is 0 Å². The summed E-state index contributed by atoms with van der Waals surface area (Å²) >= 11 is 3.52. The highest BCUT2D eigenvalue weighted by Crippen LogP contribution is 2.60. The first-order valence-corrected chi connectivity index (χ1v) is 7.28. The molecule has 0 radical (unpaired) electrons. The monoisotopic (exact) mass is 319 g/mol. The summed E-state index contributed by atoms with van der Waals surface area (Å²) in [5, 5.41) is 4.65. The Morgan fingerprint density at radius 3 is 2.68 bits per heavy atom. The van der Waals surface area contributed by atoms with Gasteiger partial charge >= 0.3 is 0 Å². The van der Waals surface area contributed by atoms with E-state index in [4.69, 9.17) is 5.73 Å². The number of aromatic nitrogens is 2. The average molecular weight is 320 g/mol. The van der Waals surface area contributed by atoms with Gasteiger partial charge < -0.3 is 5.73 Å². The van der Waals surface area contributed by atoms with Crippen LogP contribution < -0.4 is 5.73 Å². The molecular formula is C15H18BrN3. The number of rotatable bonds is 2. The Morgan fingerprint density at radius 2 is 2.11 bits per heavy atom. The lowest BCUT2D eigenvalue weighted by molar-refractivity contribution is 0.609. The van der Waals surface area contributed by atoms with Crippen LogP contribution in [-0.4, -0.2) is 9.78 Å². The van der Waals surface area contributed by atoms with Gasteiger partial charge in [0.1, 0.15) is 5.82 Å². The Labute approximate surface area is 121 Å². The van der Waals surface area contributed by atoms with Crippen molar-refractivity contribution in [2.24, 2.45) is 12.5 Å². The van der Waals surface area contributed by atoms with Crippen LogP contribution in [0.3, 0.4) is 0 Å². The molecule has 1 saturated carbocycles. The lowest BCUT2D eigenvalue weighted by Crippen LogP contribution is -1.98. The Kier molecular flexibility index (Phi) is 2.75. The zero-order valence-electron chi connectivity index (χ0n) is 11.4. The summed E-state index contributed by atoms with van der Waals surface area (Å²) in [5.74, 6) is 1.26. The summed E-state index contributed by atoms with van der Waals surface area (Å²) in [4.78, 5) is 0. The molecule has 3 nitrogen and oxygen atoms in total. The van der Waals surface area contributed by atoms with Crippen molar-refractivity contribution in [2.75, 3.05) is 5.73 Å². The predicted octanol–water partition coefficient (Wildman–Crippen LogP) is 3.95. The number of nitrogens with two attached hydrogens (primary N) is 1. The number of halogens is 1. The van der Waals surface area contributed by atoms with Crippen molar-refractivity contribution < 1.29 is 0 Å². The summed E-state index contributed by atoms with van der Waals surface area (Å²) in [6.07, 6.45) is 1.18. The van der Waals surface area contributed by atoms with E-state index in [0.717, 1.165) is 27.1 Å². The van der Waals surface area contributed by atoms with Gasteiger partial charge in [-0.25, -0.2) is 0 Å². The predicted molar refractivity (Wildman–Crippen MR) is 81.9 cm³/mol. The number of anilines is 1. The molecule has 1 aliphatic carbocycles. The molecule has 1 aromatic carbocycles. The van der Waals surface area contributed by atoms with Crippen LogP contribution in [0.4, 0.5) is 5.82 Å². The third kappa shape index (κ3) is 2.08. The largest absolute Gasteiger partial charge is 0.383 e. The minimum atomic E-state index is 0.349. The highest BCUT2D eigenvalue weighted by molar-refractivity contribution is 9.10. The summed E-state index contributed by atoms with van der Waals surface area (Å²) in [6.45, 7) is 4.57. The molecule has 0 bridgehead atoms. The van der Waals surface area contributed by atoms with Crippen molar-refractivity contribution in [1.29, 1.82) is 0 Å². The zero-order chi connectivity index (χ0) is 13.8. The van der Waals surface area contributed by atoms with Crippen LogP contribution in [0.25, 0.3) is 11.1 Å². The second-order valence-electron chi connectivity index (χ2n) is 6.02. The fourth-order valence-electron chi connectivity index (χ4n) is 2.68. The maximum atomic E-state index is 6.22. The molecule has 19 heavy (non-hydrogen) atoms. The van der Waals surface area contributed by atoms with Crippen LogP contribution in [0, 0.1) is 5.41 Å². The molecule has 2 N–H and O–H groups in total. The Bertz CT molecular complexity index is 643. The quantitative estimate of drug-likeness (QED) is 0.911. The van der Waals surface area contributed by atoms with Crippen molar-refractivity contribution in [3.8, 4) is 11.1 Å². The van der Waals surface area contributed by atoms with Gasteiger partial charge in [0.15, 0.2) is 0 Å². The lowest BCUT2D eigenvalue weighted by Gasteiger charge is -2.06. The van der Waals surface area contributed by atoms with Gasteiger partial charge in [-0.1, -0.05) is 41.9 Å². The molecule has 0 saturated heterocycles. The topological polar surface area (TPSA) is 43.8 Å². The van der Waals surface area contributed by atoms with E-state index < -0.39 is 0 Å². The molecule has 2 aromatic rings. The zero-order valence-corrected chi connectivity index (χ0v) is 13.0. The number of nitrogen functional groups attached to an aromatic ring is 1. The van der Waals surface area contributed by atoms with E-state index in [1.807, 2.05) is 19.2 Å². The Balaban J connectivity index is 2.15. The lowest BCUT2D eigenvalue weighted by atomic mass is 9.99. The van der Waals surface area contributed by atoms with Crippen LogP contribution >= 0.6 is 15.9 Å². The van der Waals surface area contributed by atoms with E-state index in [0.29, 0.717) is 11.3 Å². The van der Waals surface area contributed by atoms with Crippen molar-refractivity contribution in [1.82, 2.24) is 9.78 Å². The third-order valence-electron chi connectivity index (χ3n) is 4.08.